The van der Waals surface area contributed by atoms with Crippen molar-refractivity contribution in [2.75, 3.05) is 12.9 Å². The molecule has 0 radical (unpaired) electrons. The Morgan fingerprint density at radius 2 is 2.00 bits per heavy atom. The number of para-hydroxylation sites is 1. The van der Waals surface area contributed by atoms with Crippen molar-refractivity contribution >= 4 is 12.6 Å². The summed E-state index contributed by atoms with van der Waals surface area (Å²) in [6.45, 7) is 0. The van der Waals surface area contributed by atoms with Crippen LogP contribution < -0.4 is 4.74 Å². The SMILES string of the molecule is COc1ccccc1CCCCS. The van der Waals surface area contributed by atoms with E-state index in [0.717, 1.165) is 17.9 Å². The summed E-state index contributed by atoms with van der Waals surface area (Å²) in [5, 5.41) is 0. The van der Waals surface area contributed by atoms with Crippen LogP contribution in [-0.4, -0.2) is 12.9 Å². The summed E-state index contributed by atoms with van der Waals surface area (Å²) in [5.74, 6) is 1.97. The van der Waals surface area contributed by atoms with Gasteiger partial charge >= 0.3 is 0 Å². The van der Waals surface area contributed by atoms with Gasteiger partial charge in [-0.15, -0.1) is 0 Å². The Balaban J connectivity index is 2.54. The smallest absolute Gasteiger partial charge is 0.122 e. The van der Waals surface area contributed by atoms with E-state index in [1.807, 2.05) is 12.1 Å². The summed E-state index contributed by atoms with van der Waals surface area (Å²) in [7, 11) is 1.72. The van der Waals surface area contributed by atoms with E-state index < -0.39 is 0 Å². The summed E-state index contributed by atoms with van der Waals surface area (Å²) in [6.07, 6.45) is 3.44. The Hall–Kier alpha value is -0.630. The van der Waals surface area contributed by atoms with Gasteiger partial charge in [0.2, 0.25) is 0 Å². The number of aryl methyl sites for hydroxylation is 1. The van der Waals surface area contributed by atoms with Gasteiger partial charge in [0, 0.05) is 0 Å². The molecule has 13 heavy (non-hydrogen) atoms. The molecule has 1 aromatic rings. The molecule has 0 aliphatic rings. The van der Waals surface area contributed by atoms with E-state index in [1.165, 1.54) is 18.4 Å². The lowest BCUT2D eigenvalue weighted by Gasteiger charge is -2.06. The summed E-state index contributed by atoms with van der Waals surface area (Å²) >= 11 is 4.18. The number of hydrogen-bond acceptors (Lipinski definition) is 2. The standard InChI is InChI=1S/C11H16OS/c1-12-11-8-3-2-6-10(11)7-4-5-9-13/h2-3,6,8,13H,4-5,7,9H2,1H3. The van der Waals surface area contributed by atoms with Gasteiger partial charge in [0.05, 0.1) is 7.11 Å². The normalized spacial score (nSPS) is 10.0. The molecule has 0 aliphatic heterocycles. The Kier molecular flexibility index (Phi) is 4.76. The highest BCUT2D eigenvalue weighted by Crippen LogP contribution is 2.19. The number of unbranched alkanes of at least 4 members (excludes halogenated alkanes) is 1. The van der Waals surface area contributed by atoms with E-state index >= 15 is 0 Å². The first-order valence-corrected chi connectivity index (χ1v) is 5.24. The minimum absolute atomic E-state index is 0.967. The summed E-state index contributed by atoms with van der Waals surface area (Å²) < 4.78 is 5.26. The first-order chi connectivity index (χ1) is 6.38. The Bertz CT molecular complexity index is 248. The predicted molar refractivity (Wildman–Crippen MR) is 59.8 cm³/mol. The van der Waals surface area contributed by atoms with E-state index in [1.54, 1.807) is 7.11 Å². The summed E-state index contributed by atoms with van der Waals surface area (Å²) in [4.78, 5) is 0. The highest BCUT2D eigenvalue weighted by atomic mass is 32.1. The lowest BCUT2D eigenvalue weighted by atomic mass is 10.1. The van der Waals surface area contributed by atoms with Gasteiger partial charge in [-0.05, 0) is 36.6 Å². The molecule has 0 atom stereocenters. The third-order valence-corrected chi connectivity index (χ3v) is 2.36. The van der Waals surface area contributed by atoms with Crippen molar-refractivity contribution in [3.8, 4) is 5.75 Å². The molecule has 0 saturated heterocycles. The quantitative estimate of drug-likeness (QED) is 0.562. The van der Waals surface area contributed by atoms with Gasteiger partial charge in [-0.2, -0.15) is 12.6 Å². The highest BCUT2D eigenvalue weighted by molar-refractivity contribution is 7.80. The molecule has 0 unspecified atom stereocenters. The van der Waals surface area contributed by atoms with E-state index in [9.17, 15) is 0 Å². The molecule has 1 nitrogen and oxygen atoms in total. The molecular weight excluding hydrogens is 180 g/mol. The fourth-order valence-electron chi connectivity index (χ4n) is 1.34. The van der Waals surface area contributed by atoms with E-state index in [-0.39, 0.29) is 0 Å². The molecule has 72 valence electrons. The maximum atomic E-state index is 5.26. The molecule has 0 aromatic heterocycles. The number of benzene rings is 1. The van der Waals surface area contributed by atoms with Gasteiger partial charge in [0.1, 0.15) is 5.75 Å². The molecule has 1 rings (SSSR count). The average Bonchev–Trinajstić information content (AvgIpc) is 2.19. The predicted octanol–water partition coefficient (Wildman–Crippen LogP) is 2.95. The molecule has 0 amide bonds. The monoisotopic (exact) mass is 196 g/mol. The van der Waals surface area contributed by atoms with Gasteiger partial charge in [-0.1, -0.05) is 18.2 Å². The maximum absolute atomic E-state index is 5.26. The fraction of sp³-hybridized carbons (Fsp3) is 0.455. The topological polar surface area (TPSA) is 9.23 Å². The Morgan fingerprint density at radius 3 is 2.69 bits per heavy atom. The van der Waals surface area contributed by atoms with Gasteiger partial charge in [0.25, 0.3) is 0 Å². The second-order valence-electron chi connectivity index (χ2n) is 2.99. The number of ether oxygens (including phenoxy) is 1. The van der Waals surface area contributed by atoms with Crippen LogP contribution in [-0.2, 0) is 6.42 Å². The van der Waals surface area contributed by atoms with Crippen molar-refractivity contribution in [2.24, 2.45) is 0 Å². The number of hydrogen-bond donors (Lipinski definition) is 1. The summed E-state index contributed by atoms with van der Waals surface area (Å²) in [6, 6.07) is 8.19. The van der Waals surface area contributed by atoms with Crippen molar-refractivity contribution in [2.45, 2.75) is 19.3 Å². The van der Waals surface area contributed by atoms with E-state index in [4.69, 9.17) is 4.74 Å². The van der Waals surface area contributed by atoms with Crippen molar-refractivity contribution in [3.63, 3.8) is 0 Å². The van der Waals surface area contributed by atoms with Crippen molar-refractivity contribution in [3.05, 3.63) is 29.8 Å². The molecule has 0 saturated carbocycles. The summed E-state index contributed by atoms with van der Waals surface area (Å²) in [5.41, 5.74) is 1.30. The number of rotatable bonds is 5. The lowest BCUT2D eigenvalue weighted by molar-refractivity contribution is 0.409. The third kappa shape index (κ3) is 3.31. The van der Waals surface area contributed by atoms with Crippen LogP contribution in [0.15, 0.2) is 24.3 Å². The van der Waals surface area contributed by atoms with Crippen LogP contribution in [0.1, 0.15) is 18.4 Å². The number of thiol groups is 1. The minimum Gasteiger partial charge on any atom is -0.496 e. The molecule has 1 aromatic carbocycles. The Morgan fingerprint density at radius 1 is 1.23 bits per heavy atom. The molecular formula is C11H16OS. The lowest BCUT2D eigenvalue weighted by Crippen LogP contribution is -1.92. The second kappa shape index (κ2) is 5.92. The first-order valence-electron chi connectivity index (χ1n) is 4.61. The van der Waals surface area contributed by atoms with Crippen molar-refractivity contribution in [1.82, 2.24) is 0 Å². The van der Waals surface area contributed by atoms with Crippen molar-refractivity contribution < 1.29 is 4.74 Å². The average molecular weight is 196 g/mol. The zero-order chi connectivity index (χ0) is 9.52. The van der Waals surface area contributed by atoms with Crippen LogP contribution in [0.4, 0.5) is 0 Å². The second-order valence-corrected chi connectivity index (χ2v) is 3.44. The van der Waals surface area contributed by atoms with Gasteiger partial charge < -0.3 is 4.74 Å². The van der Waals surface area contributed by atoms with Crippen LogP contribution in [0.3, 0.4) is 0 Å². The molecule has 0 fully saturated rings. The zero-order valence-electron chi connectivity index (χ0n) is 7.99. The minimum atomic E-state index is 0.967. The third-order valence-electron chi connectivity index (χ3n) is 2.05. The largest absolute Gasteiger partial charge is 0.496 e. The van der Waals surface area contributed by atoms with Crippen LogP contribution in [0.25, 0.3) is 0 Å². The molecule has 0 spiro atoms. The van der Waals surface area contributed by atoms with E-state index in [2.05, 4.69) is 24.8 Å². The van der Waals surface area contributed by atoms with Gasteiger partial charge in [0.15, 0.2) is 0 Å². The van der Waals surface area contributed by atoms with Crippen LogP contribution >= 0.6 is 12.6 Å². The Labute approximate surface area is 85.5 Å². The first kappa shape index (κ1) is 10.5. The molecule has 2 heteroatoms. The van der Waals surface area contributed by atoms with Crippen molar-refractivity contribution in [1.29, 1.82) is 0 Å². The molecule has 0 heterocycles. The molecule has 0 aliphatic carbocycles. The fourth-order valence-corrected chi connectivity index (χ4v) is 1.56. The van der Waals surface area contributed by atoms with Gasteiger partial charge in [-0.25, -0.2) is 0 Å². The van der Waals surface area contributed by atoms with Crippen LogP contribution in [0, 0.1) is 0 Å². The maximum Gasteiger partial charge on any atom is 0.122 e. The van der Waals surface area contributed by atoms with Crippen LogP contribution in [0.5, 0.6) is 5.75 Å². The number of methoxy groups -OCH3 is 1. The van der Waals surface area contributed by atoms with E-state index in [0.29, 0.717) is 0 Å². The zero-order valence-corrected chi connectivity index (χ0v) is 8.89. The van der Waals surface area contributed by atoms with Gasteiger partial charge in [-0.3, -0.25) is 0 Å². The molecule has 0 N–H and O–H groups in total. The van der Waals surface area contributed by atoms with Crippen LogP contribution in [0.2, 0.25) is 0 Å². The molecule has 0 bridgehead atoms. The highest BCUT2D eigenvalue weighted by Gasteiger charge is 1.99.